The van der Waals surface area contributed by atoms with Gasteiger partial charge in [0, 0.05) is 92.6 Å². The zero-order valence-electron chi connectivity index (χ0n) is 46.7. The van der Waals surface area contributed by atoms with Gasteiger partial charge >= 0.3 is 0 Å². The number of ether oxygens (including phenoxy) is 1. The SMILES string of the molecule is CC1(C)CCC(CN2CCN(c3ccc(C(=O)NS(=O)(=O)c4ccc(NCC5CCN(CCCC#Cc6cccc7c6C(=O)N(C6CCC(=O)NC6=O)C7)CC5)c(NO)c4)c(Oc4cnc5[nH]ccc5c4)c3)CC2)=C(c2ccc(Cl)cc2)C1. The quantitative estimate of drug-likeness (QED) is 0.0217. The smallest absolute Gasteiger partial charge is 0.268 e. The minimum absolute atomic E-state index is 0.0119. The molecule has 1 atom stereocenters. The van der Waals surface area contributed by atoms with Crippen LogP contribution in [-0.2, 0) is 26.2 Å². The van der Waals surface area contributed by atoms with E-state index >= 15 is 0 Å². The van der Waals surface area contributed by atoms with E-state index in [2.05, 4.69) is 83.3 Å². The number of rotatable bonds is 17. The number of hydrogen-bond acceptors (Lipinski definition) is 14. The van der Waals surface area contributed by atoms with E-state index in [9.17, 15) is 32.8 Å². The van der Waals surface area contributed by atoms with Crippen molar-refractivity contribution in [3.05, 3.63) is 142 Å². The molecule has 6 aromatic rings. The summed E-state index contributed by atoms with van der Waals surface area (Å²) >= 11 is 6.28. The Kier molecular flexibility index (Phi) is 16.9. The summed E-state index contributed by atoms with van der Waals surface area (Å²) in [4.78, 5) is 67.8. The van der Waals surface area contributed by atoms with Gasteiger partial charge in [0.2, 0.25) is 11.8 Å². The van der Waals surface area contributed by atoms with Crippen LogP contribution in [0.15, 0.2) is 114 Å². The number of halogens is 1. The van der Waals surface area contributed by atoms with Gasteiger partial charge in [-0.25, -0.2) is 18.1 Å². The van der Waals surface area contributed by atoms with Crippen LogP contribution < -0.4 is 30.5 Å². The first-order valence-electron chi connectivity index (χ1n) is 28.6. The number of allylic oxidation sites excluding steroid dienone is 1. The maximum Gasteiger partial charge on any atom is 0.268 e. The molecule has 83 heavy (non-hydrogen) atoms. The first-order chi connectivity index (χ1) is 40.1. The number of piperidine rings is 2. The molecule has 432 valence electrons. The lowest BCUT2D eigenvalue weighted by molar-refractivity contribution is -0.136. The van der Waals surface area contributed by atoms with E-state index in [1.807, 2.05) is 42.5 Å². The Morgan fingerprint density at radius 1 is 0.904 bits per heavy atom. The molecule has 4 aromatic carbocycles. The van der Waals surface area contributed by atoms with Crippen LogP contribution in [0.2, 0.25) is 5.02 Å². The Bertz CT molecular complexity index is 3670. The van der Waals surface area contributed by atoms with E-state index in [1.54, 1.807) is 41.6 Å². The molecular formula is C63H69ClN10O8S. The molecule has 6 N–H and O–H groups in total. The van der Waals surface area contributed by atoms with Crippen molar-refractivity contribution >= 4 is 78.9 Å². The number of hydrogen-bond donors (Lipinski definition) is 6. The number of imide groups is 1. The van der Waals surface area contributed by atoms with Crippen LogP contribution in [0, 0.1) is 23.2 Å². The highest BCUT2D eigenvalue weighted by molar-refractivity contribution is 7.90. The molecule has 4 amide bonds. The van der Waals surface area contributed by atoms with Crippen molar-refractivity contribution in [2.24, 2.45) is 11.3 Å². The number of likely N-dealkylation sites (tertiary alicyclic amines) is 1. The van der Waals surface area contributed by atoms with Crippen molar-refractivity contribution in [1.29, 1.82) is 0 Å². The zero-order chi connectivity index (χ0) is 57.8. The van der Waals surface area contributed by atoms with Crippen LogP contribution in [0.1, 0.15) is 109 Å². The summed E-state index contributed by atoms with van der Waals surface area (Å²) in [6, 6.07) is 26.2. The van der Waals surface area contributed by atoms with Crippen LogP contribution >= 0.6 is 11.6 Å². The van der Waals surface area contributed by atoms with Gasteiger partial charge in [-0.3, -0.25) is 40.1 Å². The molecule has 11 rings (SSSR count). The van der Waals surface area contributed by atoms with Crippen molar-refractivity contribution in [2.45, 2.75) is 89.1 Å². The first kappa shape index (κ1) is 57.1. The zero-order valence-corrected chi connectivity index (χ0v) is 48.3. The van der Waals surface area contributed by atoms with Gasteiger partial charge in [-0.15, -0.1) is 0 Å². The highest BCUT2D eigenvalue weighted by Gasteiger charge is 2.40. The number of anilines is 3. The molecule has 18 nitrogen and oxygen atoms in total. The number of aromatic nitrogens is 2. The monoisotopic (exact) mass is 1160 g/mol. The van der Waals surface area contributed by atoms with Gasteiger partial charge in [0.05, 0.1) is 33.6 Å². The van der Waals surface area contributed by atoms with Crippen LogP contribution in [0.3, 0.4) is 0 Å². The minimum Gasteiger partial charge on any atom is -0.455 e. The van der Waals surface area contributed by atoms with Gasteiger partial charge < -0.3 is 29.7 Å². The maximum absolute atomic E-state index is 14.2. The fraction of sp³-hybridized carbons (Fsp3) is 0.381. The molecule has 1 unspecified atom stereocenters. The predicted molar refractivity (Wildman–Crippen MR) is 320 cm³/mol. The molecule has 3 saturated heterocycles. The predicted octanol–water partition coefficient (Wildman–Crippen LogP) is 9.43. The highest BCUT2D eigenvalue weighted by atomic mass is 35.5. The molecule has 4 aliphatic heterocycles. The Labute approximate surface area is 489 Å². The number of unbranched alkanes of at least 4 members (excludes halogenated alkanes) is 1. The third-order valence-corrected chi connectivity index (χ3v) is 18.4. The fourth-order valence-electron chi connectivity index (χ4n) is 12.1. The molecule has 0 bridgehead atoms. The fourth-order valence-corrected chi connectivity index (χ4v) is 13.2. The Balaban J connectivity index is 0.683. The number of nitrogens with one attached hydrogen (secondary N) is 5. The van der Waals surface area contributed by atoms with Crippen molar-refractivity contribution in [3.8, 4) is 23.3 Å². The van der Waals surface area contributed by atoms with E-state index in [0.717, 1.165) is 113 Å². The molecule has 3 fully saturated rings. The minimum atomic E-state index is -4.45. The topological polar surface area (TPSA) is 222 Å². The average Bonchev–Trinajstić information content (AvgIpc) is 4.29. The van der Waals surface area contributed by atoms with Gasteiger partial charge in [0.15, 0.2) is 0 Å². The van der Waals surface area contributed by atoms with E-state index in [4.69, 9.17) is 16.3 Å². The molecule has 5 aliphatic rings. The second-order valence-corrected chi connectivity index (χ2v) is 25.2. The number of carbonyl (C=O) groups is 4. The van der Waals surface area contributed by atoms with E-state index in [-0.39, 0.29) is 45.5 Å². The number of piperazine rings is 1. The molecule has 6 heterocycles. The molecule has 0 saturated carbocycles. The van der Waals surface area contributed by atoms with Gasteiger partial charge in [0.1, 0.15) is 23.2 Å². The number of benzene rings is 4. The normalized spacial score (nSPS) is 18.8. The lowest BCUT2D eigenvalue weighted by Crippen LogP contribution is -2.52. The van der Waals surface area contributed by atoms with E-state index in [1.165, 1.54) is 28.8 Å². The van der Waals surface area contributed by atoms with Gasteiger partial charge in [0.25, 0.3) is 21.8 Å². The van der Waals surface area contributed by atoms with Crippen molar-refractivity contribution in [1.82, 2.24) is 34.7 Å². The third kappa shape index (κ3) is 13.2. The number of amides is 4. The number of sulfonamides is 1. The molecule has 2 aromatic heterocycles. The van der Waals surface area contributed by atoms with E-state index < -0.39 is 27.9 Å². The second kappa shape index (κ2) is 24.6. The summed E-state index contributed by atoms with van der Waals surface area (Å²) in [7, 11) is -4.45. The standard InChI is InChI=1S/C63H69ClN10O8S/c1-63(2)24-20-45(52(36-63)42-10-12-47(64)13-11-42)39-72-29-31-73(32-30-72)48-14-16-51(56(34-48)82-49-33-44-21-25-65-59(44)67-38-49)60(76)70-83(80,81)50-15-17-53(54(35-50)69-79)66-37-41-22-27-71(28-23-41)26-5-3-4-7-43-8-6-9-46-40-74(62(78)58(43)46)55-18-19-57(75)68-61(55)77/h6,8-17,21,25,33-35,38,41,55,66,69,79H,3,5,18-20,22-24,26-32,36-37,39-40H2,1-2H3,(H,65,67)(H,70,76)(H,68,75,77). The van der Waals surface area contributed by atoms with Crippen molar-refractivity contribution in [3.63, 3.8) is 0 Å². The molecule has 20 heteroatoms. The summed E-state index contributed by atoms with van der Waals surface area (Å²) in [5.74, 6) is 5.45. The molecular weight excluding hydrogens is 1090 g/mol. The summed E-state index contributed by atoms with van der Waals surface area (Å²) in [6.07, 6.45) is 10.4. The molecule has 0 radical (unpaired) electrons. The lowest BCUT2D eigenvalue weighted by atomic mass is 9.72. The van der Waals surface area contributed by atoms with Crippen LogP contribution in [0.4, 0.5) is 17.1 Å². The number of nitrogens with zero attached hydrogens (tertiary/aromatic N) is 5. The van der Waals surface area contributed by atoms with Gasteiger partial charge in [-0.2, -0.15) is 0 Å². The number of pyridine rings is 1. The highest BCUT2D eigenvalue weighted by Crippen LogP contribution is 2.44. The largest absolute Gasteiger partial charge is 0.455 e. The third-order valence-electron chi connectivity index (χ3n) is 16.8. The Morgan fingerprint density at radius 3 is 2.49 bits per heavy atom. The van der Waals surface area contributed by atoms with Gasteiger partial charge in [-0.05, 0) is 153 Å². The second-order valence-electron chi connectivity index (χ2n) is 23.1. The average molecular weight is 1160 g/mol. The number of carbonyl (C=O) groups excluding carboxylic acids is 4. The Morgan fingerprint density at radius 2 is 1.71 bits per heavy atom. The number of H-pyrrole nitrogens is 1. The Hall–Kier alpha value is -7.73. The van der Waals surface area contributed by atoms with Crippen molar-refractivity contribution < 1.29 is 37.5 Å². The van der Waals surface area contributed by atoms with Crippen LogP contribution in [0.25, 0.3) is 16.6 Å². The van der Waals surface area contributed by atoms with Gasteiger partial charge in [-0.1, -0.05) is 67.1 Å². The molecule has 1 aliphatic carbocycles. The number of fused-ring (bicyclic) bond motifs is 2. The first-order valence-corrected chi connectivity index (χ1v) is 30.4. The lowest BCUT2D eigenvalue weighted by Gasteiger charge is -2.39. The van der Waals surface area contributed by atoms with Crippen LogP contribution in [0.5, 0.6) is 11.5 Å². The summed E-state index contributed by atoms with van der Waals surface area (Å²) in [5.41, 5.74) is 10.6. The van der Waals surface area contributed by atoms with E-state index in [0.29, 0.717) is 60.1 Å². The maximum atomic E-state index is 14.2. The summed E-state index contributed by atoms with van der Waals surface area (Å²) in [6.45, 7) is 12.3. The van der Waals surface area contributed by atoms with Crippen molar-refractivity contribution in [2.75, 3.05) is 74.6 Å². The summed E-state index contributed by atoms with van der Waals surface area (Å²) < 4.78 is 36.6. The van der Waals surface area contributed by atoms with Crippen LogP contribution in [-0.4, -0.2) is 127 Å². The number of aromatic amines is 1. The summed E-state index contributed by atoms with van der Waals surface area (Å²) in [5, 5.41) is 17.5. The molecule has 0 spiro atoms.